The van der Waals surface area contributed by atoms with Gasteiger partial charge in [-0.25, -0.2) is 0 Å². The van der Waals surface area contributed by atoms with Gasteiger partial charge in [0.2, 0.25) is 0 Å². The van der Waals surface area contributed by atoms with Crippen LogP contribution in [-0.4, -0.2) is 20.8 Å². The van der Waals surface area contributed by atoms with Gasteiger partial charge >= 0.3 is 0 Å². The predicted octanol–water partition coefficient (Wildman–Crippen LogP) is 3.14. The maximum atomic E-state index is 5.48. The third-order valence-electron chi connectivity index (χ3n) is 2.71. The number of hydrogen-bond acceptors (Lipinski definition) is 3. The summed E-state index contributed by atoms with van der Waals surface area (Å²) in [5.74, 6) is 1.75. The number of rotatable bonds is 7. The zero-order chi connectivity index (χ0) is 12.7. The number of ether oxygens (including phenoxy) is 2. The van der Waals surface area contributed by atoms with E-state index in [1.54, 1.807) is 14.2 Å². The second-order valence-corrected chi connectivity index (χ2v) is 4.75. The maximum Gasteiger partial charge on any atom is 0.133 e. The predicted molar refractivity (Wildman–Crippen MR) is 73.9 cm³/mol. The summed E-state index contributed by atoms with van der Waals surface area (Å²) in [6.07, 6.45) is 4.35. The lowest BCUT2D eigenvalue weighted by atomic mass is 10.1. The van der Waals surface area contributed by atoms with Crippen LogP contribution in [-0.2, 0) is 6.42 Å². The molecule has 0 aliphatic carbocycles. The molecule has 0 spiro atoms. The normalized spacial score (nSPS) is 10.4. The number of hydrogen-bond donors (Lipinski definition) is 1. The largest absolute Gasteiger partial charge is 0.496 e. The summed E-state index contributed by atoms with van der Waals surface area (Å²) < 4.78 is 11.6. The molecular formula is C13H20BrNO2. The van der Waals surface area contributed by atoms with Gasteiger partial charge in [-0.15, -0.1) is 0 Å². The van der Waals surface area contributed by atoms with E-state index in [0.29, 0.717) is 0 Å². The molecule has 0 bridgehead atoms. The van der Waals surface area contributed by atoms with Gasteiger partial charge in [0.15, 0.2) is 0 Å². The molecule has 0 saturated carbocycles. The number of benzene rings is 1. The fourth-order valence-electron chi connectivity index (χ4n) is 1.76. The molecule has 2 N–H and O–H groups in total. The Morgan fingerprint density at radius 2 is 1.76 bits per heavy atom. The molecule has 1 aromatic rings. The number of methoxy groups -OCH3 is 2. The molecule has 4 heteroatoms. The summed E-state index contributed by atoms with van der Waals surface area (Å²) in [7, 11) is 3.36. The minimum Gasteiger partial charge on any atom is -0.496 e. The zero-order valence-corrected chi connectivity index (χ0v) is 12.0. The summed E-state index contributed by atoms with van der Waals surface area (Å²) in [5.41, 5.74) is 6.66. The van der Waals surface area contributed by atoms with Crippen molar-refractivity contribution >= 4 is 15.9 Å². The molecule has 3 nitrogen and oxygen atoms in total. The van der Waals surface area contributed by atoms with Crippen LogP contribution in [0.5, 0.6) is 11.5 Å². The van der Waals surface area contributed by atoms with Gasteiger partial charge in [-0.3, -0.25) is 0 Å². The average molecular weight is 302 g/mol. The van der Waals surface area contributed by atoms with E-state index < -0.39 is 0 Å². The van der Waals surface area contributed by atoms with E-state index in [4.69, 9.17) is 15.2 Å². The SMILES string of the molecule is COc1cc(CCCCCN)c(OC)cc1Br. The molecule has 0 amide bonds. The molecule has 0 aliphatic rings. The average Bonchev–Trinajstić information content (AvgIpc) is 2.35. The lowest BCUT2D eigenvalue weighted by Crippen LogP contribution is -1.99. The highest BCUT2D eigenvalue weighted by molar-refractivity contribution is 9.10. The van der Waals surface area contributed by atoms with Crippen molar-refractivity contribution in [2.45, 2.75) is 25.7 Å². The van der Waals surface area contributed by atoms with Gasteiger partial charge in [0, 0.05) is 0 Å². The third kappa shape index (κ3) is 4.21. The van der Waals surface area contributed by atoms with Gasteiger partial charge in [-0.2, -0.15) is 0 Å². The van der Waals surface area contributed by atoms with Crippen molar-refractivity contribution in [1.82, 2.24) is 0 Å². The molecular weight excluding hydrogens is 282 g/mol. The van der Waals surface area contributed by atoms with Crippen molar-refractivity contribution < 1.29 is 9.47 Å². The van der Waals surface area contributed by atoms with E-state index in [2.05, 4.69) is 15.9 Å². The molecule has 0 aromatic heterocycles. The molecule has 0 radical (unpaired) electrons. The quantitative estimate of drug-likeness (QED) is 0.787. The standard InChI is InChI=1S/C13H20BrNO2/c1-16-12-9-11(14)13(17-2)8-10(12)6-4-3-5-7-15/h8-9H,3-7,15H2,1-2H3. The Labute approximate surface area is 111 Å². The summed E-state index contributed by atoms with van der Waals surface area (Å²) in [6.45, 7) is 0.765. The van der Waals surface area contributed by atoms with Crippen LogP contribution >= 0.6 is 15.9 Å². The molecule has 96 valence electrons. The molecule has 0 aliphatic heterocycles. The van der Waals surface area contributed by atoms with Crippen molar-refractivity contribution in [1.29, 1.82) is 0 Å². The van der Waals surface area contributed by atoms with E-state index in [-0.39, 0.29) is 0 Å². The highest BCUT2D eigenvalue weighted by atomic mass is 79.9. The molecule has 0 unspecified atom stereocenters. The van der Waals surface area contributed by atoms with Crippen LogP contribution < -0.4 is 15.2 Å². The molecule has 1 aromatic carbocycles. The van der Waals surface area contributed by atoms with Gasteiger partial charge in [0.05, 0.1) is 18.7 Å². The highest BCUT2D eigenvalue weighted by Gasteiger charge is 2.09. The fraction of sp³-hybridized carbons (Fsp3) is 0.538. The molecule has 0 atom stereocenters. The number of nitrogens with two attached hydrogens (primary N) is 1. The van der Waals surface area contributed by atoms with E-state index >= 15 is 0 Å². The van der Waals surface area contributed by atoms with Gasteiger partial charge in [0.25, 0.3) is 0 Å². The van der Waals surface area contributed by atoms with Crippen LogP contribution in [0.25, 0.3) is 0 Å². The minimum absolute atomic E-state index is 0.765. The third-order valence-corrected chi connectivity index (χ3v) is 3.32. The van der Waals surface area contributed by atoms with E-state index in [0.717, 1.165) is 48.2 Å². The highest BCUT2D eigenvalue weighted by Crippen LogP contribution is 2.33. The summed E-state index contributed by atoms with van der Waals surface area (Å²) in [5, 5.41) is 0. The Morgan fingerprint density at radius 3 is 2.35 bits per heavy atom. The van der Waals surface area contributed by atoms with Crippen molar-refractivity contribution in [3.63, 3.8) is 0 Å². The summed E-state index contributed by atoms with van der Waals surface area (Å²) >= 11 is 3.45. The van der Waals surface area contributed by atoms with Crippen molar-refractivity contribution in [3.05, 3.63) is 22.2 Å². The number of halogens is 1. The maximum absolute atomic E-state index is 5.48. The fourth-order valence-corrected chi connectivity index (χ4v) is 2.24. The van der Waals surface area contributed by atoms with Crippen molar-refractivity contribution in [3.8, 4) is 11.5 Å². The molecule has 0 fully saturated rings. The second kappa shape index (κ2) is 7.56. The van der Waals surface area contributed by atoms with Crippen molar-refractivity contribution in [2.24, 2.45) is 5.73 Å². The number of aryl methyl sites for hydroxylation is 1. The van der Waals surface area contributed by atoms with Crippen LogP contribution in [0.1, 0.15) is 24.8 Å². The van der Waals surface area contributed by atoms with E-state index in [1.165, 1.54) is 5.56 Å². The molecule has 17 heavy (non-hydrogen) atoms. The van der Waals surface area contributed by atoms with Crippen LogP contribution in [0.4, 0.5) is 0 Å². The first kappa shape index (κ1) is 14.3. The topological polar surface area (TPSA) is 44.5 Å². The zero-order valence-electron chi connectivity index (χ0n) is 10.5. The Hall–Kier alpha value is -0.740. The summed E-state index contributed by atoms with van der Waals surface area (Å²) in [4.78, 5) is 0. The Kier molecular flexibility index (Phi) is 6.37. The molecule has 0 saturated heterocycles. The lowest BCUT2D eigenvalue weighted by Gasteiger charge is -2.12. The van der Waals surface area contributed by atoms with E-state index in [1.807, 2.05) is 12.1 Å². The molecule has 1 rings (SSSR count). The Balaban J connectivity index is 2.74. The van der Waals surface area contributed by atoms with Crippen LogP contribution in [0.15, 0.2) is 16.6 Å². The van der Waals surface area contributed by atoms with Crippen molar-refractivity contribution in [2.75, 3.05) is 20.8 Å². The number of unbranched alkanes of at least 4 members (excludes halogenated alkanes) is 2. The first-order chi connectivity index (χ1) is 8.22. The first-order valence-corrected chi connectivity index (χ1v) is 6.62. The Bertz CT molecular complexity index is 356. The van der Waals surface area contributed by atoms with Gasteiger partial charge in [-0.05, 0) is 59.4 Å². The smallest absolute Gasteiger partial charge is 0.133 e. The first-order valence-electron chi connectivity index (χ1n) is 5.83. The van der Waals surface area contributed by atoms with Crippen LogP contribution in [0.2, 0.25) is 0 Å². The minimum atomic E-state index is 0.765. The monoisotopic (exact) mass is 301 g/mol. The lowest BCUT2D eigenvalue weighted by molar-refractivity contribution is 0.396. The van der Waals surface area contributed by atoms with Gasteiger partial charge in [-0.1, -0.05) is 6.42 Å². The summed E-state index contributed by atoms with van der Waals surface area (Å²) in [6, 6.07) is 3.99. The van der Waals surface area contributed by atoms with Crippen LogP contribution in [0, 0.1) is 0 Å². The van der Waals surface area contributed by atoms with Gasteiger partial charge < -0.3 is 15.2 Å². The Morgan fingerprint density at radius 1 is 1.06 bits per heavy atom. The van der Waals surface area contributed by atoms with Gasteiger partial charge in [0.1, 0.15) is 11.5 Å². The second-order valence-electron chi connectivity index (χ2n) is 3.90. The molecule has 0 heterocycles. The van der Waals surface area contributed by atoms with Crippen LogP contribution in [0.3, 0.4) is 0 Å². The van der Waals surface area contributed by atoms with E-state index in [9.17, 15) is 0 Å².